The second-order valence-electron chi connectivity index (χ2n) is 6.35. The smallest absolute Gasteiger partial charge is 0.261 e. The van der Waals surface area contributed by atoms with Crippen LogP contribution in [0.25, 0.3) is 0 Å². The topological polar surface area (TPSA) is 82.3 Å². The van der Waals surface area contributed by atoms with E-state index in [1.807, 2.05) is 31.2 Å². The molecule has 0 aliphatic heterocycles. The fourth-order valence-corrected chi connectivity index (χ4v) is 3.68. The van der Waals surface area contributed by atoms with Gasteiger partial charge in [-0.25, -0.2) is 8.42 Å². The van der Waals surface area contributed by atoms with Gasteiger partial charge in [0.2, 0.25) is 0 Å². The quantitative estimate of drug-likeness (QED) is 0.684. The van der Waals surface area contributed by atoms with E-state index < -0.39 is 10.0 Å². The first kappa shape index (κ1) is 18.7. The van der Waals surface area contributed by atoms with Gasteiger partial charge in [0.05, 0.1) is 11.4 Å². The van der Waals surface area contributed by atoms with Gasteiger partial charge in [0.1, 0.15) is 0 Å². The number of aryl methyl sites for hydroxylation is 1. The van der Waals surface area contributed by atoms with Crippen molar-refractivity contribution in [2.75, 3.05) is 11.8 Å². The molecule has 2 aromatic carbocycles. The number of H-pyrrole nitrogens is 1. The van der Waals surface area contributed by atoms with E-state index in [9.17, 15) is 13.2 Å². The summed E-state index contributed by atoms with van der Waals surface area (Å²) < 4.78 is 27.5. The minimum atomic E-state index is -3.71. The van der Waals surface area contributed by atoms with Gasteiger partial charge >= 0.3 is 0 Å². The lowest BCUT2D eigenvalue weighted by Crippen LogP contribution is -2.26. The second-order valence-corrected chi connectivity index (χ2v) is 8.03. The SMILES string of the molecule is Cc1ccc(NS(=O)(=O)c2ccc(C(=O)N(C)Cc3ccc[nH]3)cc2)cc1. The Morgan fingerprint density at radius 1 is 1.04 bits per heavy atom. The first-order chi connectivity index (χ1) is 12.8. The van der Waals surface area contributed by atoms with Crippen LogP contribution in [0.1, 0.15) is 21.6 Å². The van der Waals surface area contributed by atoms with Gasteiger partial charge in [0.15, 0.2) is 0 Å². The number of hydrogen-bond donors (Lipinski definition) is 2. The van der Waals surface area contributed by atoms with Crippen molar-refractivity contribution in [1.82, 2.24) is 9.88 Å². The maximum absolute atomic E-state index is 12.5. The molecule has 0 aliphatic rings. The molecule has 27 heavy (non-hydrogen) atoms. The molecule has 0 unspecified atom stereocenters. The highest BCUT2D eigenvalue weighted by molar-refractivity contribution is 7.92. The summed E-state index contributed by atoms with van der Waals surface area (Å²) in [4.78, 5) is 17.2. The molecule has 2 N–H and O–H groups in total. The van der Waals surface area contributed by atoms with Crippen LogP contribution in [0, 0.1) is 6.92 Å². The highest BCUT2D eigenvalue weighted by Crippen LogP contribution is 2.18. The Bertz CT molecular complexity index is 1010. The standard InChI is InChI=1S/C20H21N3O3S/c1-15-5-9-17(10-6-15)22-27(25,26)19-11-7-16(8-12-19)20(24)23(2)14-18-4-3-13-21-18/h3-13,21-22H,14H2,1-2H3. The number of aromatic amines is 1. The van der Waals surface area contributed by atoms with Crippen molar-refractivity contribution in [1.29, 1.82) is 0 Å². The van der Waals surface area contributed by atoms with Crippen LogP contribution < -0.4 is 4.72 Å². The number of anilines is 1. The summed E-state index contributed by atoms with van der Waals surface area (Å²) in [5.41, 5.74) is 2.89. The number of benzene rings is 2. The van der Waals surface area contributed by atoms with Crippen LogP contribution in [0.15, 0.2) is 71.8 Å². The molecule has 0 spiro atoms. The molecule has 0 aliphatic carbocycles. The molecule has 140 valence electrons. The lowest BCUT2D eigenvalue weighted by Gasteiger charge is -2.16. The van der Waals surface area contributed by atoms with Crippen LogP contribution in [-0.4, -0.2) is 31.3 Å². The predicted molar refractivity (Wildman–Crippen MR) is 105 cm³/mol. The summed E-state index contributed by atoms with van der Waals surface area (Å²) in [6.45, 7) is 2.38. The van der Waals surface area contributed by atoms with Crippen LogP contribution in [0.4, 0.5) is 5.69 Å². The van der Waals surface area contributed by atoms with E-state index in [0.29, 0.717) is 17.8 Å². The number of carbonyl (C=O) groups excluding carboxylic acids is 1. The first-order valence-corrected chi connectivity index (χ1v) is 9.91. The zero-order valence-corrected chi connectivity index (χ0v) is 16.0. The molecule has 0 saturated carbocycles. The van der Waals surface area contributed by atoms with Crippen LogP contribution in [-0.2, 0) is 16.6 Å². The number of aromatic nitrogens is 1. The number of rotatable bonds is 6. The van der Waals surface area contributed by atoms with E-state index >= 15 is 0 Å². The van der Waals surface area contributed by atoms with Crippen LogP contribution in [0.5, 0.6) is 0 Å². The van der Waals surface area contributed by atoms with Gasteiger partial charge in [-0.05, 0) is 55.5 Å². The van der Waals surface area contributed by atoms with Crippen molar-refractivity contribution in [3.05, 3.63) is 83.7 Å². The predicted octanol–water partition coefficient (Wildman–Crippen LogP) is 3.40. The fraction of sp³-hybridized carbons (Fsp3) is 0.150. The molecule has 0 radical (unpaired) electrons. The van der Waals surface area contributed by atoms with Gasteiger partial charge in [-0.2, -0.15) is 0 Å². The lowest BCUT2D eigenvalue weighted by molar-refractivity contribution is 0.0783. The molecular formula is C20H21N3O3S. The van der Waals surface area contributed by atoms with E-state index in [1.54, 1.807) is 30.3 Å². The maximum atomic E-state index is 12.5. The molecule has 0 atom stereocenters. The number of amides is 1. The molecule has 6 nitrogen and oxygen atoms in total. The molecule has 1 aromatic heterocycles. The van der Waals surface area contributed by atoms with Gasteiger partial charge in [0.25, 0.3) is 15.9 Å². The summed E-state index contributed by atoms with van der Waals surface area (Å²) in [6.07, 6.45) is 1.80. The average Bonchev–Trinajstić information content (AvgIpc) is 3.16. The second kappa shape index (κ2) is 7.67. The van der Waals surface area contributed by atoms with Gasteiger partial charge in [-0.15, -0.1) is 0 Å². The number of sulfonamides is 1. The summed E-state index contributed by atoms with van der Waals surface area (Å²) in [7, 11) is -2.01. The van der Waals surface area contributed by atoms with Crippen LogP contribution in [0.3, 0.4) is 0 Å². The van der Waals surface area contributed by atoms with Crippen molar-refractivity contribution in [2.45, 2.75) is 18.4 Å². The van der Waals surface area contributed by atoms with E-state index in [2.05, 4.69) is 9.71 Å². The number of nitrogens with one attached hydrogen (secondary N) is 2. The Morgan fingerprint density at radius 3 is 2.30 bits per heavy atom. The van der Waals surface area contributed by atoms with Crippen molar-refractivity contribution >= 4 is 21.6 Å². The number of carbonyl (C=O) groups is 1. The van der Waals surface area contributed by atoms with Gasteiger partial charge in [0, 0.05) is 30.2 Å². The largest absolute Gasteiger partial charge is 0.364 e. The molecule has 0 fully saturated rings. The van der Waals surface area contributed by atoms with Gasteiger partial charge in [-0.1, -0.05) is 17.7 Å². The molecule has 7 heteroatoms. The zero-order chi connectivity index (χ0) is 19.4. The first-order valence-electron chi connectivity index (χ1n) is 8.42. The molecule has 1 heterocycles. The number of nitrogens with zero attached hydrogens (tertiary/aromatic N) is 1. The van der Waals surface area contributed by atoms with Crippen molar-refractivity contribution in [3.63, 3.8) is 0 Å². The van der Waals surface area contributed by atoms with Crippen LogP contribution >= 0.6 is 0 Å². The molecule has 0 bridgehead atoms. The third-order valence-corrected chi connectivity index (χ3v) is 5.53. The van der Waals surface area contributed by atoms with E-state index in [4.69, 9.17) is 0 Å². The van der Waals surface area contributed by atoms with E-state index in [1.165, 1.54) is 24.3 Å². The highest BCUT2D eigenvalue weighted by Gasteiger charge is 2.17. The van der Waals surface area contributed by atoms with Gasteiger partial charge < -0.3 is 9.88 Å². The Balaban J connectivity index is 1.71. The molecule has 1 amide bonds. The van der Waals surface area contributed by atoms with Crippen LogP contribution in [0.2, 0.25) is 0 Å². The minimum absolute atomic E-state index is 0.103. The monoisotopic (exact) mass is 383 g/mol. The average molecular weight is 383 g/mol. The van der Waals surface area contributed by atoms with Crippen molar-refractivity contribution in [2.24, 2.45) is 0 Å². The van der Waals surface area contributed by atoms with Crippen molar-refractivity contribution < 1.29 is 13.2 Å². The minimum Gasteiger partial charge on any atom is -0.364 e. The highest BCUT2D eigenvalue weighted by atomic mass is 32.2. The molecule has 3 aromatic rings. The third-order valence-electron chi connectivity index (χ3n) is 4.13. The zero-order valence-electron chi connectivity index (χ0n) is 15.1. The Labute approximate surface area is 158 Å². The van der Waals surface area contributed by atoms with Gasteiger partial charge in [-0.3, -0.25) is 9.52 Å². The summed E-state index contributed by atoms with van der Waals surface area (Å²) in [5.74, 6) is -0.181. The maximum Gasteiger partial charge on any atom is 0.261 e. The third kappa shape index (κ3) is 4.57. The Hall–Kier alpha value is -3.06. The summed E-state index contributed by atoms with van der Waals surface area (Å²) >= 11 is 0. The van der Waals surface area contributed by atoms with E-state index in [-0.39, 0.29) is 10.8 Å². The molecule has 0 saturated heterocycles. The van der Waals surface area contributed by atoms with E-state index in [0.717, 1.165) is 11.3 Å². The number of hydrogen-bond acceptors (Lipinski definition) is 3. The Morgan fingerprint density at radius 2 is 1.70 bits per heavy atom. The van der Waals surface area contributed by atoms with Crippen molar-refractivity contribution in [3.8, 4) is 0 Å². The summed E-state index contributed by atoms with van der Waals surface area (Å²) in [5, 5.41) is 0. The normalized spacial score (nSPS) is 11.2. The fourth-order valence-electron chi connectivity index (χ4n) is 2.63. The molecular weight excluding hydrogens is 362 g/mol. The Kier molecular flexibility index (Phi) is 5.32. The molecule has 3 rings (SSSR count). The summed E-state index contributed by atoms with van der Waals surface area (Å²) in [6, 6.07) is 16.8. The lowest BCUT2D eigenvalue weighted by atomic mass is 10.2.